The molecule has 0 aliphatic heterocycles. The summed E-state index contributed by atoms with van der Waals surface area (Å²) in [7, 11) is -3.83. The van der Waals surface area contributed by atoms with E-state index in [1.54, 1.807) is 0 Å². The Morgan fingerprint density at radius 1 is 1.32 bits per heavy atom. The molecule has 1 aromatic rings. The van der Waals surface area contributed by atoms with Gasteiger partial charge in [0.1, 0.15) is 6.61 Å². The zero-order chi connectivity index (χ0) is 14.7. The highest BCUT2D eigenvalue weighted by Crippen LogP contribution is 2.23. The van der Waals surface area contributed by atoms with Crippen LogP contribution in [-0.2, 0) is 14.6 Å². The highest BCUT2D eigenvalue weighted by molar-refractivity contribution is 7.91. The van der Waals surface area contributed by atoms with Gasteiger partial charge >= 0.3 is 6.18 Å². The fraction of sp³-hybridized carbons (Fsp3) is 0.400. The second-order valence-corrected chi connectivity index (χ2v) is 6.18. The number of halogens is 4. The molecule has 19 heavy (non-hydrogen) atoms. The number of sulfone groups is 1. The molecule has 0 spiro atoms. The molecule has 0 amide bonds. The van der Waals surface area contributed by atoms with E-state index >= 15 is 0 Å². The van der Waals surface area contributed by atoms with Gasteiger partial charge in [-0.15, -0.1) is 0 Å². The maximum absolute atomic E-state index is 11.8. The van der Waals surface area contributed by atoms with Gasteiger partial charge in [-0.3, -0.25) is 0 Å². The van der Waals surface area contributed by atoms with Crippen molar-refractivity contribution < 1.29 is 26.3 Å². The van der Waals surface area contributed by atoms with E-state index in [1.807, 2.05) is 0 Å². The first-order chi connectivity index (χ1) is 8.62. The van der Waals surface area contributed by atoms with Crippen LogP contribution in [0.5, 0.6) is 0 Å². The third kappa shape index (κ3) is 5.25. The summed E-state index contributed by atoms with van der Waals surface area (Å²) in [5.41, 5.74) is 5.48. The van der Waals surface area contributed by atoms with Gasteiger partial charge in [-0.05, 0) is 18.2 Å². The van der Waals surface area contributed by atoms with Crippen LogP contribution in [0.1, 0.15) is 0 Å². The smallest absolute Gasteiger partial charge is 0.398 e. The second-order valence-electron chi connectivity index (χ2n) is 3.67. The Kier molecular flexibility index (Phi) is 5.05. The normalized spacial score (nSPS) is 12.6. The molecule has 1 aromatic carbocycles. The van der Waals surface area contributed by atoms with Crippen LogP contribution in [0, 0.1) is 0 Å². The predicted molar refractivity (Wildman–Crippen MR) is 64.8 cm³/mol. The number of hydrogen-bond donors (Lipinski definition) is 1. The number of benzene rings is 1. The van der Waals surface area contributed by atoms with Crippen LogP contribution in [0.25, 0.3) is 0 Å². The number of nitrogen functional groups attached to an aromatic ring is 1. The van der Waals surface area contributed by atoms with Crippen LogP contribution < -0.4 is 5.73 Å². The minimum atomic E-state index is -4.49. The van der Waals surface area contributed by atoms with Crippen LogP contribution in [0.2, 0.25) is 5.02 Å². The van der Waals surface area contributed by atoms with Gasteiger partial charge in [-0.2, -0.15) is 13.2 Å². The van der Waals surface area contributed by atoms with Crippen LogP contribution >= 0.6 is 11.6 Å². The largest absolute Gasteiger partial charge is 0.411 e. The van der Waals surface area contributed by atoms with Crippen molar-refractivity contribution in [3.8, 4) is 0 Å². The van der Waals surface area contributed by atoms with Gasteiger partial charge in [0.25, 0.3) is 0 Å². The molecule has 2 N–H and O–H groups in total. The van der Waals surface area contributed by atoms with Crippen molar-refractivity contribution in [2.24, 2.45) is 0 Å². The van der Waals surface area contributed by atoms with E-state index in [0.717, 1.165) is 6.07 Å². The summed E-state index contributed by atoms with van der Waals surface area (Å²) in [6.07, 6.45) is -4.49. The maximum Gasteiger partial charge on any atom is 0.411 e. The Balaban J connectivity index is 2.69. The number of ether oxygens (including phenoxy) is 1. The number of nitrogens with two attached hydrogens (primary N) is 1. The number of alkyl halides is 3. The Hall–Kier alpha value is -0.990. The first kappa shape index (κ1) is 16.1. The summed E-state index contributed by atoms with van der Waals surface area (Å²) >= 11 is 5.64. The van der Waals surface area contributed by atoms with Gasteiger partial charge in [-0.25, -0.2) is 8.42 Å². The van der Waals surface area contributed by atoms with Crippen LogP contribution in [0.3, 0.4) is 0 Å². The SMILES string of the molecule is Nc1ccc(Cl)cc1S(=O)(=O)CCOCC(F)(F)F. The zero-order valence-electron chi connectivity index (χ0n) is 9.58. The van der Waals surface area contributed by atoms with E-state index in [9.17, 15) is 21.6 Å². The molecule has 0 radical (unpaired) electrons. The molecular formula is C10H11ClF3NO3S. The molecule has 0 aliphatic carbocycles. The topological polar surface area (TPSA) is 69.4 Å². The minimum absolute atomic E-state index is 0.0137. The van der Waals surface area contributed by atoms with E-state index in [0.29, 0.717) is 0 Å². The van der Waals surface area contributed by atoms with Gasteiger partial charge in [0.2, 0.25) is 0 Å². The monoisotopic (exact) mass is 317 g/mol. The van der Waals surface area contributed by atoms with Gasteiger partial charge in [0.05, 0.1) is 22.9 Å². The van der Waals surface area contributed by atoms with Crippen LogP contribution in [0.4, 0.5) is 18.9 Å². The minimum Gasteiger partial charge on any atom is -0.398 e. The molecule has 1 rings (SSSR count). The molecule has 4 nitrogen and oxygen atoms in total. The lowest BCUT2D eigenvalue weighted by atomic mass is 10.3. The first-order valence-corrected chi connectivity index (χ1v) is 7.07. The summed E-state index contributed by atoms with van der Waals surface area (Å²) in [5, 5.41) is 0.170. The van der Waals surface area contributed by atoms with Gasteiger partial charge in [-0.1, -0.05) is 11.6 Å². The lowest BCUT2D eigenvalue weighted by Crippen LogP contribution is -2.21. The second kappa shape index (κ2) is 5.98. The first-order valence-electron chi connectivity index (χ1n) is 5.04. The molecule has 0 fully saturated rings. The summed E-state index contributed by atoms with van der Waals surface area (Å²) in [6.45, 7) is -2.07. The molecular weight excluding hydrogens is 307 g/mol. The van der Waals surface area contributed by atoms with Crippen molar-refractivity contribution in [2.45, 2.75) is 11.1 Å². The number of rotatable bonds is 5. The zero-order valence-corrected chi connectivity index (χ0v) is 11.1. The summed E-state index contributed by atoms with van der Waals surface area (Å²) in [6, 6.07) is 3.87. The molecule has 0 heterocycles. The standard InChI is InChI=1S/C10H11ClF3NO3S/c11-7-1-2-8(15)9(5-7)19(16,17)4-3-18-6-10(12,13)14/h1-2,5H,3-4,6,15H2. The Morgan fingerprint density at radius 2 is 1.95 bits per heavy atom. The average Bonchev–Trinajstić information content (AvgIpc) is 2.26. The van der Waals surface area contributed by atoms with Crippen molar-refractivity contribution in [3.63, 3.8) is 0 Å². The Morgan fingerprint density at radius 3 is 2.53 bits per heavy atom. The molecule has 0 saturated heterocycles. The van der Waals surface area contributed by atoms with E-state index in [1.165, 1.54) is 12.1 Å². The molecule has 0 unspecified atom stereocenters. The summed E-state index contributed by atoms with van der Waals surface area (Å²) in [4.78, 5) is -0.212. The third-order valence-corrected chi connectivity index (χ3v) is 4.04. The fourth-order valence-electron chi connectivity index (χ4n) is 1.24. The van der Waals surface area contributed by atoms with Gasteiger partial charge in [0.15, 0.2) is 9.84 Å². The lowest BCUT2D eigenvalue weighted by Gasteiger charge is -2.09. The van der Waals surface area contributed by atoms with Crippen LogP contribution in [0.15, 0.2) is 23.1 Å². The summed E-state index contributed by atoms with van der Waals surface area (Å²) in [5.74, 6) is -0.604. The van der Waals surface area contributed by atoms with Gasteiger partial charge < -0.3 is 10.5 Å². The number of anilines is 1. The van der Waals surface area contributed by atoms with Crippen molar-refractivity contribution in [1.29, 1.82) is 0 Å². The lowest BCUT2D eigenvalue weighted by molar-refractivity contribution is -0.172. The molecule has 0 aromatic heterocycles. The molecule has 0 aliphatic rings. The van der Waals surface area contributed by atoms with Crippen molar-refractivity contribution in [2.75, 3.05) is 24.7 Å². The summed E-state index contributed by atoms with van der Waals surface area (Å²) < 4.78 is 63.3. The van der Waals surface area contributed by atoms with Gasteiger partial charge in [0, 0.05) is 5.02 Å². The molecule has 0 atom stereocenters. The fourth-order valence-corrected chi connectivity index (χ4v) is 2.77. The number of hydrogen-bond acceptors (Lipinski definition) is 4. The third-order valence-electron chi connectivity index (χ3n) is 2.07. The molecule has 0 bridgehead atoms. The highest BCUT2D eigenvalue weighted by Gasteiger charge is 2.28. The quantitative estimate of drug-likeness (QED) is 0.668. The highest BCUT2D eigenvalue weighted by atomic mass is 35.5. The molecule has 108 valence electrons. The van der Waals surface area contributed by atoms with E-state index < -0.39 is 35.0 Å². The Bertz CT molecular complexity index is 545. The van der Waals surface area contributed by atoms with Crippen molar-refractivity contribution >= 4 is 27.1 Å². The predicted octanol–water partition coefficient (Wildman–Crippen LogP) is 2.27. The maximum atomic E-state index is 11.8. The van der Waals surface area contributed by atoms with Crippen molar-refractivity contribution in [1.82, 2.24) is 0 Å². The molecule has 0 saturated carbocycles. The Labute approximate surface area is 113 Å². The van der Waals surface area contributed by atoms with E-state index in [4.69, 9.17) is 17.3 Å². The average molecular weight is 318 g/mol. The van der Waals surface area contributed by atoms with E-state index in [2.05, 4.69) is 4.74 Å². The van der Waals surface area contributed by atoms with Crippen molar-refractivity contribution in [3.05, 3.63) is 23.2 Å². The molecule has 9 heteroatoms. The van der Waals surface area contributed by atoms with E-state index in [-0.39, 0.29) is 15.6 Å². The van der Waals surface area contributed by atoms with Crippen LogP contribution in [-0.4, -0.2) is 33.6 Å².